The predicted molar refractivity (Wildman–Crippen MR) is 60.9 cm³/mol. The molecule has 0 saturated heterocycles. The summed E-state index contributed by atoms with van der Waals surface area (Å²) < 4.78 is 0. The quantitative estimate of drug-likeness (QED) is 0.539. The summed E-state index contributed by atoms with van der Waals surface area (Å²) in [5.41, 5.74) is 3.58. The first-order valence-electron chi connectivity index (χ1n) is 5.40. The highest BCUT2D eigenvalue weighted by Gasteiger charge is 2.13. The molecule has 1 heteroatoms. The third-order valence-corrected chi connectivity index (χ3v) is 2.92. The van der Waals surface area contributed by atoms with E-state index in [9.17, 15) is 4.79 Å². The van der Waals surface area contributed by atoms with Gasteiger partial charge in [0, 0.05) is 18.4 Å². The number of terminal acetylenes is 1. The number of aryl methyl sites for hydroxylation is 2. The Morgan fingerprint density at radius 2 is 2.13 bits per heavy atom. The highest BCUT2D eigenvalue weighted by atomic mass is 16.1. The Morgan fingerprint density at radius 3 is 2.93 bits per heavy atom. The second kappa shape index (κ2) is 4.31. The number of hydrogen-bond donors (Lipinski definition) is 0. The van der Waals surface area contributed by atoms with Gasteiger partial charge >= 0.3 is 0 Å². The van der Waals surface area contributed by atoms with Gasteiger partial charge < -0.3 is 0 Å². The molecule has 0 aromatic heterocycles. The molecule has 0 saturated carbocycles. The van der Waals surface area contributed by atoms with E-state index in [4.69, 9.17) is 6.42 Å². The zero-order valence-electron chi connectivity index (χ0n) is 8.75. The van der Waals surface area contributed by atoms with Gasteiger partial charge in [-0.3, -0.25) is 4.79 Å². The Bertz CT molecular complexity index is 423. The largest absolute Gasteiger partial charge is 0.294 e. The molecule has 1 aromatic carbocycles. The molecular weight excluding hydrogens is 184 g/mol. The number of Topliss-reactive ketones (excluding diaryl/α,β-unsaturated/α-hetero) is 1. The fraction of sp³-hybridized carbons (Fsp3) is 0.357. The summed E-state index contributed by atoms with van der Waals surface area (Å²) in [5, 5.41) is 0. The molecule has 0 heterocycles. The number of carbonyl (C=O) groups is 1. The summed E-state index contributed by atoms with van der Waals surface area (Å²) >= 11 is 0. The normalized spacial score (nSPS) is 13.3. The molecule has 0 aliphatic heterocycles. The van der Waals surface area contributed by atoms with E-state index in [2.05, 4.69) is 12.0 Å². The molecule has 0 atom stereocenters. The number of ketones is 1. The smallest absolute Gasteiger partial charge is 0.163 e. The molecule has 76 valence electrons. The lowest BCUT2D eigenvalue weighted by Crippen LogP contribution is -1.99. The molecule has 0 amide bonds. The molecule has 0 radical (unpaired) electrons. The van der Waals surface area contributed by atoms with Gasteiger partial charge in [0.2, 0.25) is 0 Å². The number of rotatable bonds is 3. The van der Waals surface area contributed by atoms with E-state index in [0.29, 0.717) is 12.8 Å². The minimum Gasteiger partial charge on any atom is -0.294 e. The van der Waals surface area contributed by atoms with Crippen LogP contribution in [-0.2, 0) is 12.8 Å². The Hall–Kier alpha value is -1.55. The van der Waals surface area contributed by atoms with Gasteiger partial charge in [-0.15, -0.1) is 12.3 Å². The standard InChI is InChI=1S/C14H14O/c1-2-3-7-14(15)13-9-8-11-5-4-6-12(11)10-13/h1,8-10H,3-7H2. The zero-order valence-corrected chi connectivity index (χ0v) is 8.75. The molecule has 0 unspecified atom stereocenters. The third kappa shape index (κ3) is 2.10. The van der Waals surface area contributed by atoms with Crippen molar-refractivity contribution in [3.8, 4) is 12.3 Å². The van der Waals surface area contributed by atoms with E-state index in [1.807, 2.05) is 12.1 Å². The van der Waals surface area contributed by atoms with Gasteiger partial charge in [0.25, 0.3) is 0 Å². The van der Waals surface area contributed by atoms with Crippen LogP contribution in [0.5, 0.6) is 0 Å². The van der Waals surface area contributed by atoms with E-state index >= 15 is 0 Å². The molecule has 0 fully saturated rings. The van der Waals surface area contributed by atoms with Gasteiger partial charge in [0.15, 0.2) is 5.78 Å². The van der Waals surface area contributed by atoms with Crippen LogP contribution in [0.25, 0.3) is 0 Å². The monoisotopic (exact) mass is 198 g/mol. The topological polar surface area (TPSA) is 17.1 Å². The number of fused-ring (bicyclic) bond motifs is 1. The summed E-state index contributed by atoms with van der Waals surface area (Å²) in [7, 11) is 0. The minimum atomic E-state index is 0.169. The van der Waals surface area contributed by atoms with Crippen molar-refractivity contribution in [2.75, 3.05) is 0 Å². The number of benzene rings is 1. The van der Waals surface area contributed by atoms with Gasteiger partial charge in [-0.25, -0.2) is 0 Å². The van der Waals surface area contributed by atoms with Gasteiger partial charge in [-0.2, -0.15) is 0 Å². The summed E-state index contributed by atoms with van der Waals surface area (Å²) in [6.45, 7) is 0. The average Bonchev–Trinajstić information content (AvgIpc) is 2.72. The van der Waals surface area contributed by atoms with Crippen molar-refractivity contribution in [3.05, 3.63) is 34.9 Å². The Kier molecular flexibility index (Phi) is 2.87. The minimum absolute atomic E-state index is 0.169. The summed E-state index contributed by atoms with van der Waals surface area (Å²) in [6, 6.07) is 6.07. The molecule has 2 rings (SSSR count). The molecule has 0 bridgehead atoms. The van der Waals surface area contributed by atoms with Crippen LogP contribution in [-0.4, -0.2) is 5.78 Å². The van der Waals surface area contributed by atoms with Crippen molar-refractivity contribution >= 4 is 5.78 Å². The predicted octanol–water partition coefficient (Wildman–Crippen LogP) is 2.77. The summed E-state index contributed by atoms with van der Waals surface area (Å²) in [4.78, 5) is 11.7. The summed E-state index contributed by atoms with van der Waals surface area (Å²) in [5.74, 6) is 2.67. The molecule has 0 N–H and O–H groups in total. The SMILES string of the molecule is C#CCCC(=O)c1ccc2c(c1)CCC2. The van der Waals surface area contributed by atoms with Crippen LogP contribution in [0.2, 0.25) is 0 Å². The van der Waals surface area contributed by atoms with E-state index in [1.54, 1.807) is 0 Å². The maximum Gasteiger partial charge on any atom is 0.163 e. The van der Waals surface area contributed by atoms with Crippen molar-refractivity contribution in [2.24, 2.45) is 0 Å². The third-order valence-electron chi connectivity index (χ3n) is 2.92. The Balaban J connectivity index is 2.16. The second-order valence-corrected chi connectivity index (χ2v) is 3.96. The van der Waals surface area contributed by atoms with E-state index in [0.717, 1.165) is 18.4 Å². The van der Waals surface area contributed by atoms with Gasteiger partial charge in [-0.1, -0.05) is 12.1 Å². The first-order chi connectivity index (χ1) is 7.31. The van der Waals surface area contributed by atoms with E-state index in [1.165, 1.54) is 17.5 Å². The van der Waals surface area contributed by atoms with Crippen LogP contribution in [0.1, 0.15) is 40.7 Å². The van der Waals surface area contributed by atoms with Crippen molar-refractivity contribution in [1.82, 2.24) is 0 Å². The van der Waals surface area contributed by atoms with Gasteiger partial charge in [-0.05, 0) is 36.5 Å². The molecule has 1 nitrogen and oxygen atoms in total. The zero-order chi connectivity index (χ0) is 10.7. The lowest BCUT2D eigenvalue weighted by molar-refractivity contribution is 0.0984. The van der Waals surface area contributed by atoms with Crippen molar-refractivity contribution < 1.29 is 4.79 Å². The first-order valence-corrected chi connectivity index (χ1v) is 5.40. The second-order valence-electron chi connectivity index (χ2n) is 3.96. The van der Waals surface area contributed by atoms with Gasteiger partial charge in [0.05, 0.1) is 0 Å². The molecule has 1 aliphatic rings. The Labute approximate surface area is 90.5 Å². The highest BCUT2D eigenvalue weighted by molar-refractivity contribution is 5.96. The van der Waals surface area contributed by atoms with E-state index in [-0.39, 0.29) is 5.78 Å². The molecule has 1 aliphatic carbocycles. The van der Waals surface area contributed by atoms with Crippen LogP contribution >= 0.6 is 0 Å². The lowest BCUT2D eigenvalue weighted by Gasteiger charge is -2.02. The maximum atomic E-state index is 11.7. The Morgan fingerprint density at radius 1 is 1.33 bits per heavy atom. The average molecular weight is 198 g/mol. The lowest BCUT2D eigenvalue weighted by atomic mass is 10.0. The molecular formula is C14H14O. The number of carbonyl (C=O) groups excluding carboxylic acids is 1. The highest BCUT2D eigenvalue weighted by Crippen LogP contribution is 2.23. The maximum absolute atomic E-state index is 11.7. The fourth-order valence-corrected chi connectivity index (χ4v) is 2.08. The fourth-order valence-electron chi connectivity index (χ4n) is 2.08. The van der Waals surface area contributed by atoms with Crippen LogP contribution in [0.15, 0.2) is 18.2 Å². The summed E-state index contributed by atoms with van der Waals surface area (Å²) in [6.07, 6.45) is 9.65. The molecule has 15 heavy (non-hydrogen) atoms. The van der Waals surface area contributed by atoms with Crippen LogP contribution in [0.4, 0.5) is 0 Å². The van der Waals surface area contributed by atoms with Gasteiger partial charge in [0.1, 0.15) is 0 Å². The van der Waals surface area contributed by atoms with Crippen molar-refractivity contribution in [2.45, 2.75) is 32.1 Å². The molecule has 0 spiro atoms. The van der Waals surface area contributed by atoms with Crippen molar-refractivity contribution in [1.29, 1.82) is 0 Å². The van der Waals surface area contributed by atoms with Crippen LogP contribution in [0.3, 0.4) is 0 Å². The van der Waals surface area contributed by atoms with Crippen molar-refractivity contribution in [3.63, 3.8) is 0 Å². The van der Waals surface area contributed by atoms with E-state index < -0.39 is 0 Å². The molecule has 1 aromatic rings. The van der Waals surface area contributed by atoms with Crippen LogP contribution in [0, 0.1) is 12.3 Å². The number of hydrogen-bond acceptors (Lipinski definition) is 1. The first kappa shape index (κ1) is 9.98. The van der Waals surface area contributed by atoms with Crippen LogP contribution < -0.4 is 0 Å².